The van der Waals surface area contributed by atoms with E-state index in [4.69, 9.17) is 0 Å². The maximum absolute atomic E-state index is 4.54. The zero-order valence-corrected chi connectivity index (χ0v) is 17.1. The molecule has 0 aliphatic heterocycles. The Bertz CT molecular complexity index is 1160. The van der Waals surface area contributed by atoms with Crippen LogP contribution in [-0.4, -0.2) is 33.8 Å². The fraction of sp³-hybridized carbons (Fsp3) is 0.167. The largest absolute Gasteiger partial charge is 0.340 e. The molecule has 2 aromatic carbocycles. The first-order valence-corrected chi connectivity index (χ1v) is 9.57. The number of anilines is 1. The molecule has 0 aliphatic carbocycles. The first-order valence-electron chi connectivity index (χ1n) is 9.57. The second-order valence-electron chi connectivity index (χ2n) is 7.57. The van der Waals surface area contributed by atoms with E-state index >= 15 is 0 Å². The summed E-state index contributed by atoms with van der Waals surface area (Å²) in [7, 11) is 6.06. The van der Waals surface area contributed by atoms with Gasteiger partial charge in [0.2, 0.25) is 0 Å². The van der Waals surface area contributed by atoms with Gasteiger partial charge in [0.1, 0.15) is 5.82 Å². The van der Waals surface area contributed by atoms with Gasteiger partial charge in [0.05, 0.1) is 6.20 Å². The van der Waals surface area contributed by atoms with Crippen LogP contribution >= 0.6 is 0 Å². The Balaban J connectivity index is 1.55. The summed E-state index contributed by atoms with van der Waals surface area (Å²) in [5.41, 5.74) is 5.40. The molecular weight excluding hydrogens is 358 g/mol. The van der Waals surface area contributed by atoms with Gasteiger partial charge in [-0.2, -0.15) is 5.10 Å². The Kier molecular flexibility index (Phi) is 5.14. The zero-order chi connectivity index (χ0) is 20.4. The quantitative estimate of drug-likeness (QED) is 0.520. The van der Waals surface area contributed by atoms with E-state index in [0.717, 1.165) is 45.5 Å². The number of aromatic nitrogens is 3. The highest BCUT2D eigenvalue weighted by molar-refractivity contribution is 5.89. The molecule has 0 saturated carbocycles. The van der Waals surface area contributed by atoms with Crippen LogP contribution in [0, 0.1) is 0 Å². The van der Waals surface area contributed by atoms with E-state index in [1.165, 1.54) is 5.56 Å². The van der Waals surface area contributed by atoms with E-state index in [0.29, 0.717) is 0 Å². The van der Waals surface area contributed by atoms with Crippen LogP contribution in [-0.2, 0) is 13.6 Å². The SMILES string of the molecule is C=C(Nc1cc2cc(-c3cnn(C)c3)ccc2cn1)c1ccc(CN(C)C)cc1. The van der Waals surface area contributed by atoms with Crippen molar-refractivity contribution in [3.63, 3.8) is 0 Å². The predicted molar refractivity (Wildman–Crippen MR) is 120 cm³/mol. The average Bonchev–Trinajstić information content (AvgIpc) is 3.14. The van der Waals surface area contributed by atoms with Gasteiger partial charge < -0.3 is 10.2 Å². The highest BCUT2D eigenvalue weighted by atomic mass is 15.2. The molecule has 4 aromatic rings. The Hall–Kier alpha value is -3.44. The number of hydrogen-bond acceptors (Lipinski definition) is 4. The molecule has 0 amide bonds. The van der Waals surface area contributed by atoms with Crippen LogP contribution in [0.1, 0.15) is 11.1 Å². The summed E-state index contributed by atoms with van der Waals surface area (Å²) in [4.78, 5) is 6.69. The Morgan fingerprint density at radius 3 is 2.48 bits per heavy atom. The normalized spacial score (nSPS) is 11.2. The molecule has 0 aliphatic rings. The number of hydrogen-bond donors (Lipinski definition) is 1. The summed E-state index contributed by atoms with van der Waals surface area (Å²) in [6.07, 6.45) is 5.78. The lowest BCUT2D eigenvalue weighted by atomic mass is 10.0. The molecule has 5 nitrogen and oxygen atoms in total. The maximum atomic E-state index is 4.54. The first-order chi connectivity index (χ1) is 14.0. The molecule has 0 radical (unpaired) electrons. The van der Waals surface area contributed by atoms with Gasteiger partial charge in [-0.3, -0.25) is 4.68 Å². The van der Waals surface area contributed by atoms with Gasteiger partial charge in [0.25, 0.3) is 0 Å². The van der Waals surface area contributed by atoms with Crippen LogP contribution in [0.5, 0.6) is 0 Å². The van der Waals surface area contributed by atoms with Crippen LogP contribution in [0.2, 0.25) is 0 Å². The van der Waals surface area contributed by atoms with Crippen LogP contribution in [0.15, 0.2) is 73.7 Å². The molecule has 2 heterocycles. The third kappa shape index (κ3) is 4.36. The van der Waals surface area contributed by atoms with E-state index < -0.39 is 0 Å². The summed E-state index contributed by atoms with van der Waals surface area (Å²) in [5, 5.41) is 9.83. The minimum Gasteiger partial charge on any atom is -0.340 e. The molecular formula is C24H25N5. The third-order valence-electron chi connectivity index (χ3n) is 4.84. The fourth-order valence-corrected chi connectivity index (χ4v) is 3.36. The van der Waals surface area contributed by atoms with Gasteiger partial charge in [-0.1, -0.05) is 43.0 Å². The van der Waals surface area contributed by atoms with Crippen molar-refractivity contribution in [2.45, 2.75) is 6.54 Å². The van der Waals surface area contributed by atoms with Crippen LogP contribution in [0.25, 0.3) is 27.6 Å². The average molecular weight is 383 g/mol. The highest BCUT2D eigenvalue weighted by Gasteiger charge is 2.06. The Morgan fingerprint density at radius 1 is 1.00 bits per heavy atom. The van der Waals surface area contributed by atoms with Crippen LogP contribution in [0.3, 0.4) is 0 Å². The molecule has 0 spiro atoms. The minimum atomic E-state index is 0.781. The first kappa shape index (κ1) is 18.9. The molecule has 0 bridgehead atoms. The number of pyridine rings is 1. The molecule has 0 atom stereocenters. The Labute approximate surface area is 171 Å². The topological polar surface area (TPSA) is 46.0 Å². The highest BCUT2D eigenvalue weighted by Crippen LogP contribution is 2.26. The second kappa shape index (κ2) is 7.89. The monoisotopic (exact) mass is 383 g/mol. The van der Waals surface area contributed by atoms with Gasteiger partial charge in [-0.05, 0) is 48.3 Å². The van der Waals surface area contributed by atoms with Crippen molar-refractivity contribution in [2.24, 2.45) is 7.05 Å². The lowest BCUT2D eigenvalue weighted by molar-refractivity contribution is 0.402. The number of rotatable bonds is 6. The molecule has 0 unspecified atom stereocenters. The smallest absolute Gasteiger partial charge is 0.130 e. The molecule has 5 heteroatoms. The standard InChI is InChI=1S/C24H25N5/c1-17(19-7-5-18(6-8-19)15-28(2)3)27-24-12-22-11-20(9-10-21(22)13-25-24)23-14-26-29(4)16-23/h5-14,16H,1,15H2,2-4H3,(H,25,27). The second-order valence-corrected chi connectivity index (χ2v) is 7.57. The molecule has 2 aromatic heterocycles. The van der Waals surface area contributed by atoms with Gasteiger partial charge >= 0.3 is 0 Å². The lowest BCUT2D eigenvalue weighted by Crippen LogP contribution is -2.10. The van der Waals surface area contributed by atoms with E-state index in [1.807, 2.05) is 30.3 Å². The molecule has 0 fully saturated rings. The number of nitrogens with one attached hydrogen (secondary N) is 1. The fourth-order valence-electron chi connectivity index (χ4n) is 3.36. The van der Waals surface area contributed by atoms with Crippen molar-refractivity contribution < 1.29 is 0 Å². The van der Waals surface area contributed by atoms with Crippen molar-refractivity contribution in [3.8, 4) is 11.1 Å². The van der Waals surface area contributed by atoms with E-state index in [1.54, 1.807) is 0 Å². The molecule has 4 rings (SSSR count). The van der Waals surface area contributed by atoms with Crippen LogP contribution in [0.4, 0.5) is 5.82 Å². The van der Waals surface area contributed by atoms with E-state index in [2.05, 4.69) is 89.5 Å². The van der Waals surface area contributed by atoms with Crippen molar-refractivity contribution in [3.05, 3.63) is 84.8 Å². The summed E-state index contributed by atoms with van der Waals surface area (Å²) in [6.45, 7) is 5.11. The summed E-state index contributed by atoms with van der Waals surface area (Å²) in [6, 6.07) is 16.9. The van der Waals surface area contributed by atoms with E-state index in [-0.39, 0.29) is 0 Å². The molecule has 29 heavy (non-hydrogen) atoms. The summed E-state index contributed by atoms with van der Waals surface area (Å²) in [5.74, 6) is 0.781. The minimum absolute atomic E-state index is 0.781. The summed E-state index contributed by atoms with van der Waals surface area (Å²) >= 11 is 0. The Morgan fingerprint density at radius 2 is 1.79 bits per heavy atom. The van der Waals surface area contributed by atoms with Crippen molar-refractivity contribution in [2.75, 3.05) is 19.4 Å². The summed E-state index contributed by atoms with van der Waals surface area (Å²) < 4.78 is 1.81. The van der Waals surface area contributed by atoms with Gasteiger partial charge in [-0.15, -0.1) is 0 Å². The molecule has 1 N–H and O–H groups in total. The molecule has 0 saturated heterocycles. The molecule has 146 valence electrons. The van der Waals surface area contributed by atoms with Gasteiger partial charge in [-0.25, -0.2) is 4.98 Å². The predicted octanol–water partition coefficient (Wildman–Crippen LogP) is 4.78. The number of fused-ring (bicyclic) bond motifs is 1. The number of benzene rings is 2. The van der Waals surface area contributed by atoms with E-state index in [9.17, 15) is 0 Å². The van der Waals surface area contributed by atoms with Crippen molar-refractivity contribution in [1.29, 1.82) is 0 Å². The number of aryl methyl sites for hydroxylation is 1. The zero-order valence-electron chi connectivity index (χ0n) is 17.1. The van der Waals surface area contributed by atoms with Gasteiger partial charge in [0, 0.05) is 42.6 Å². The van der Waals surface area contributed by atoms with Crippen molar-refractivity contribution in [1.82, 2.24) is 19.7 Å². The third-order valence-corrected chi connectivity index (χ3v) is 4.84. The van der Waals surface area contributed by atoms with Gasteiger partial charge in [0.15, 0.2) is 0 Å². The maximum Gasteiger partial charge on any atom is 0.130 e. The number of nitrogens with zero attached hydrogens (tertiary/aromatic N) is 4. The van der Waals surface area contributed by atoms with Crippen molar-refractivity contribution >= 4 is 22.3 Å². The van der Waals surface area contributed by atoms with Crippen LogP contribution < -0.4 is 5.32 Å². The lowest BCUT2D eigenvalue weighted by Gasteiger charge is -2.12.